The topological polar surface area (TPSA) is 61.2 Å². The van der Waals surface area contributed by atoms with Gasteiger partial charge in [-0.1, -0.05) is 17.7 Å². The Morgan fingerprint density at radius 2 is 1.94 bits per heavy atom. The van der Waals surface area contributed by atoms with Crippen molar-refractivity contribution in [2.24, 2.45) is 0 Å². The number of imidazole rings is 1. The molecule has 16 heavy (non-hydrogen) atoms. The zero-order valence-electron chi connectivity index (χ0n) is 8.57. The van der Waals surface area contributed by atoms with E-state index < -0.39 is 10.3 Å². The molecule has 0 aliphatic heterocycles. The second kappa shape index (κ2) is 3.97. The number of aromatic nitrogens is 2. The first-order valence-electron chi connectivity index (χ1n) is 4.57. The van der Waals surface area contributed by atoms with Crippen molar-refractivity contribution in [2.45, 2.75) is 6.92 Å². The van der Waals surface area contributed by atoms with Crippen molar-refractivity contribution in [3.63, 3.8) is 0 Å². The second-order valence-electron chi connectivity index (χ2n) is 3.25. The van der Waals surface area contributed by atoms with E-state index in [1.807, 2.05) is 6.92 Å². The number of benzene rings is 1. The van der Waals surface area contributed by atoms with Gasteiger partial charge in [0.1, 0.15) is 12.1 Å². The van der Waals surface area contributed by atoms with E-state index >= 15 is 0 Å². The molecule has 0 saturated heterocycles. The molecule has 2 rings (SSSR count). The first-order chi connectivity index (χ1) is 7.58. The predicted octanol–water partition coefficient (Wildman–Crippen LogP) is 1.36. The summed E-state index contributed by atoms with van der Waals surface area (Å²) in [6, 6.07) is 6.76. The highest BCUT2D eigenvalue weighted by Gasteiger charge is 2.14. The van der Waals surface area contributed by atoms with E-state index in [4.69, 9.17) is 4.18 Å². The van der Waals surface area contributed by atoms with Gasteiger partial charge in [0.25, 0.3) is 0 Å². The Labute approximate surface area is 93.6 Å². The van der Waals surface area contributed by atoms with Gasteiger partial charge in [0.05, 0.1) is 0 Å². The average Bonchev–Trinajstić information content (AvgIpc) is 2.75. The minimum absolute atomic E-state index is 0.277. The molecule has 0 radical (unpaired) electrons. The Balaban J connectivity index is 2.25. The number of nitrogens with zero attached hydrogens (tertiary/aromatic N) is 2. The van der Waals surface area contributed by atoms with Crippen molar-refractivity contribution < 1.29 is 12.6 Å². The van der Waals surface area contributed by atoms with Crippen LogP contribution in [0.25, 0.3) is 0 Å². The molecular weight excluding hydrogens is 228 g/mol. The van der Waals surface area contributed by atoms with E-state index in [-0.39, 0.29) is 5.75 Å². The summed E-state index contributed by atoms with van der Waals surface area (Å²) in [6.45, 7) is 1.91. The molecule has 0 amide bonds. The normalized spacial score (nSPS) is 11.3. The number of hydrogen-bond donors (Lipinski definition) is 0. The zero-order chi connectivity index (χ0) is 11.6. The van der Waals surface area contributed by atoms with Crippen LogP contribution in [0, 0.1) is 6.92 Å². The predicted molar refractivity (Wildman–Crippen MR) is 58.4 cm³/mol. The summed E-state index contributed by atoms with van der Waals surface area (Å²) >= 11 is 0. The Bertz CT molecular complexity index is 559. The van der Waals surface area contributed by atoms with Gasteiger partial charge in [-0.25, -0.2) is 8.96 Å². The van der Waals surface area contributed by atoms with Crippen LogP contribution in [-0.2, 0) is 10.3 Å². The van der Waals surface area contributed by atoms with Gasteiger partial charge in [-0.15, -0.1) is 0 Å². The summed E-state index contributed by atoms with van der Waals surface area (Å²) < 4.78 is 29.1. The van der Waals surface area contributed by atoms with Gasteiger partial charge in [0, 0.05) is 12.4 Å². The van der Waals surface area contributed by atoms with Crippen molar-refractivity contribution in [1.82, 2.24) is 8.96 Å². The monoisotopic (exact) mass is 238 g/mol. The third-order valence-corrected chi connectivity index (χ3v) is 3.10. The van der Waals surface area contributed by atoms with Crippen LogP contribution in [0.3, 0.4) is 0 Å². The third-order valence-electron chi connectivity index (χ3n) is 1.96. The number of rotatable bonds is 3. The minimum Gasteiger partial charge on any atom is -0.366 e. The standard InChI is InChI=1S/C10H10N2O3S/c1-9-2-4-10(5-3-9)15-16(13,14)12-7-6-11-8-12/h2-8H,1H3. The Morgan fingerprint density at radius 3 is 2.50 bits per heavy atom. The molecule has 0 saturated carbocycles. The van der Waals surface area contributed by atoms with Crippen LogP contribution in [0.4, 0.5) is 0 Å². The second-order valence-corrected chi connectivity index (χ2v) is 4.69. The van der Waals surface area contributed by atoms with Crippen LogP contribution in [0.15, 0.2) is 43.0 Å². The molecule has 0 unspecified atom stereocenters. The van der Waals surface area contributed by atoms with Crippen LogP contribution < -0.4 is 4.18 Å². The van der Waals surface area contributed by atoms with Crippen molar-refractivity contribution in [3.05, 3.63) is 48.5 Å². The molecule has 84 valence electrons. The lowest BCUT2D eigenvalue weighted by atomic mass is 10.2. The van der Waals surface area contributed by atoms with Gasteiger partial charge in [-0.3, -0.25) is 0 Å². The first-order valence-corrected chi connectivity index (χ1v) is 5.94. The minimum atomic E-state index is -3.83. The lowest BCUT2D eigenvalue weighted by Crippen LogP contribution is -2.17. The molecule has 5 nitrogen and oxygen atoms in total. The summed E-state index contributed by atoms with van der Waals surface area (Å²) in [5, 5.41) is 0. The highest BCUT2D eigenvalue weighted by atomic mass is 32.2. The van der Waals surface area contributed by atoms with E-state index in [1.165, 1.54) is 18.7 Å². The molecule has 0 spiro atoms. The van der Waals surface area contributed by atoms with E-state index in [1.54, 1.807) is 24.3 Å². The number of aryl methyl sites for hydroxylation is 1. The largest absolute Gasteiger partial charge is 0.414 e. The van der Waals surface area contributed by atoms with Crippen molar-refractivity contribution in [1.29, 1.82) is 0 Å². The summed E-state index contributed by atoms with van der Waals surface area (Å²) in [5.74, 6) is 0.277. The summed E-state index contributed by atoms with van der Waals surface area (Å²) in [5.41, 5.74) is 1.03. The van der Waals surface area contributed by atoms with Crippen LogP contribution in [0.2, 0.25) is 0 Å². The van der Waals surface area contributed by atoms with Crippen LogP contribution in [0.1, 0.15) is 5.56 Å². The molecule has 1 aromatic heterocycles. The SMILES string of the molecule is Cc1ccc(OS(=O)(=O)n2ccnc2)cc1. The van der Waals surface area contributed by atoms with Gasteiger partial charge in [0.15, 0.2) is 0 Å². The third kappa shape index (κ3) is 2.22. The van der Waals surface area contributed by atoms with E-state index in [9.17, 15) is 8.42 Å². The molecule has 0 aliphatic carbocycles. The molecule has 6 heteroatoms. The Morgan fingerprint density at radius 1 is 1.25 bits per heavy atom. The Hall–Kier alpha value is -1.82. The van der Waals surface area contributed by atoms with Gasteiger partial charge in [-0.2, -0.15) is 8.42 Å². The van der Waals surface area contributed by atoms with Crippen molar-refractivity contribution in [3.8, 4) is 5.75 Å². The van der Waals surface area contributed by atoms with Crippen LogP contribution in [0.5, 0.6) is 5.75 Å². The van der Waals surface area contributed by atoms with Crippen LogP contribution >= 0.6 is 0 Å². The maximum Gasteiger partial charge on any atom is 0.414 e. The maximum absolute atomic E-state index is 11.6. The van der Waals surface area contributed by atoms with Gasteiger partial charge < -0.3 is 4.18 Å². The number of hydrogen-bond acceptors (Lipinski definition) is 4. The lowest BCUT2D eigenvalue weighted by Gasteiger charge is -2.06. The highest BCUT2D eigenvalue weighted by Crippen LogP contribution is 2.14. The first kappa shape index (κ1) is 10.7. The lowest BCUT2D eigenvalue weighted by molar-refractivity contribution is 0.476. The summed E-state index contributed by atoms with van der Waals surface area (Å²) in [6.07, 6.45) is 3.85. The van der Waals surface area contributed by atoms with E-state index in [2.05, 4.69) is 4.98 Å². The molecule has 0 atom stereocenters. The van der Waals surface area contributed by atoms with E-state index in [0.29, 0.717) is 0 Å². The van der Waals surface area contributed by atoms with Gasteiger partial charge in [0.2, 0.25) is 0 Å². The smallest absolute Gasteiger partial charge is 0.366 e. The fraction of sp³-hybridized carbons (Fsp3) is 0.100. The molecule has 0 fully saturated rings. The molecule has 2 aromatic rings. The Kier molecular flexibility index (Phi) is 2.66. The van der Waals surface area contributed by atoms with Gasteiger partial charge >= 0.3 is 10.3 Å². The summed E-state index contributed by atoms with van der Waals surface area (Å²) in [7, 11) is -3.83. The van der Waals surface area contributed by atoms with Gasteiger partial charge in [-0.05, 0) is 19.1 Å². The molecule has 0 bridgehead atoms. The molecule has 0 aliphatic rings. The molecule has 1 aromatic carbocycles. The van der Waals surface area contributed by atoms with E-state index in [0.717, 1.165) is 9.54 Å². The highest BCUT2D eigenvalue weighted by molar-refractivity contribution is 7.85. The van der Waals surface area contributed by atoms with Crippen LogP contribution in [-0.4, -0.2) is 17.4 Å². The quantitative estimate of drug-likeness (QED) is 0.810. The maximum atomic E-state index is 11.6. The molecular formula is C10H10N2O3S. The van der Waals surface area contributed by atoms with Crippen molar-refractivity contribution in [2.75, 3.05) is 0 Å². The molecule has 1 heterocycles. The average molecular weight is 238 g/mol. The zero-order valence-corrected chi connectivity index (χ0v) is 9.39. The fourth-order valence-electron chi connectivity index (χ4n) is 1.14. The molecule has 0 N–H and O–H groups in total. The summed E-state index contributed by atoms with van der Waals surface area (Å²) in [4.78, 5) is 3.65. The fourth-order valence-corrected chi connectivity index (χ4v) is 1.95. The van der Waals surface area contributed by atoms with Crippen molar-refractivity contribution >= 4 is 10.3 Å².